The topological polar surface area (TPSA) is 103 Å². The number of benzene rings is 1. The Balaban J connectivity index is 1.23. The lowest BCUT2D eigenvalue weighted by atomic mass is 9.49. The van der Waals surface area contributed by atoms with Gasteiger partial charge in [-0.1, -0.05) is 23.4 Å². The minimum Gasteiger partial charge on any atom is -0.325 e. The van der Waals surface area contributed by atoms with Gasteiger partial charge in [-0.05, 0) is 80.8 Å². The third kappa shape index (κ3) is 4.62. The molecular weight excluding hydrogens is 462 g/mol. The first kappa shape index (κ1) is 22.7. The molecule has 1 heterocycles. The fourth-order valence-electron chi connectivity index (χ4n) is 6.77. The second kappa shape index (κ2) is 8.91. The molecule has 0 saturated heterocycles. The molecule has 33 heavy (non-hydrogen) atoms. The Kier molecular flexibility index (Phi) is 6.11. The average Bonchev–Trinajstić information content (AvgIpc) is 3.13. The van der Waals surface area contributed by atoms with E-state index in [1.807, 2.05) is 0 Å². The van der Waals surface area contributed by atoms with Gasteiger partial charge in [0.1, 0.15) is 10.8 Å². The second-order valence-corrected chi connectivity index (χ2v) is 11.3. The van der Waals surface area contributed by atoms with Crippen LogP contribution in [0.25, 0.3) is 0 Å². The SMILES string of the molecule is CCn1c(CC23CC4CC(CC(C4)C2)C3)nnc1SCC(=O)Nc1ccc(Cl)c([N+](=O)[O-])c1. The van der Waals surface area contributed by atoms with Crippen LogP contribution in [0.5, 0.6) is 0 Å². The van der Waals surface area contributed by atoms with Crippen molar-refractivity contribution in [1.82, 2.24) is 14.8 Å². The quantitative estimate of drug-likeness (QED) is 0.304. The number of nitrogens with zero attached hydrogens (tertiary/aromatic N) is 4. The minimum absolute atomic E-state index is 0.0370. The number of hydrogen-bond donors (Lipinski definition) is 1. The number of amides is 1. The van der Waals surface area contributed by atoms with E-state index < -0.39 is 4.92 Å². The van der Waals surface area contributed by atoms with Crippen molar-refractivity contribution >= 4 is 40.6 Å². The first-order chi connectivity index (χ1) is 15.8. The molecule has 0 radical (unpaired) electrons. The van der Waals surface area contributed by atoms with Gasteiger partial charge in [0.15, 0.2) is 5.16 Å². The van der Waals surface area contributed by atoms with Gasteiger partial charge < -0.3 is 9.88 Å². The Morgan fingerprint density at radius 1 is 1.24 bits per heavy atom. The van der Waals surface area contributed by atoms with Gasteiger partial charge in [-0.3, -0.25) is 14.9 Å². The van der Waals surface area contributed by atoms with Crippen molar-refractivity contribution in [3.63, 3.8) is 0 Å². The number of thioether (sulfide) groups is 1. The molecule has 176 valence electrons. The lowest BCUT2D eigenvalue weighted by Gasteiger charge is -2.56. The largest absolute Gasteiger partial charge is 0.325 e. The monoisotopic (exact) mass is 489 g/mol. The number of halogens is 1. The smallest absolute Gasteiger partial charge is 0.289 e. The van der Waals surface area contributed by atoms with Crippen LogP contribution in [0.4, 0.5) is 11.4 Å². The van der Waals surface area contributed by atoms with E-state index in [1.165, 1.54) is 62.4 Å². The lowest BCUT2D eigenvalue weighted by Crippen LogP contribution is -2.47. The Hall–Kier alpha value is -2.13. The van der Waals surface area contributed by atoms with E-state index >= 15 is 0 Å². The third-order valence-electron chi connectivity index (χ3n) is 7.57. The summed E-state index contributed by atoms with van der Waals surface area (Å²) in [5, 5.41) is 23.5. The number of nitro groups is 1. The van der Waals surface area contributed by atoms with Crippen LogP contribution in [-0.4, -0.2) is 31.3 Å². The van der Waals surface area contributed by atoms with Crippen LogP contribution in [0.1, 0.15) is 51.3 Å². The molecule has 4 aliphatic carbocycles. The molecule has 1 aromatic carbocycles. The molecule has 8 nitrogen and oxygen atoms in total. The molecule has 6 rings (SSSR count). The van der Waals surface area contributed by atoms with Crippen molar-refractivity contribution in [3.05, 3.63) is 39.2 Å². The molecular formula is C23H28ClN5O3S. The van der Waals surface area contributed by atoms with E-state index in [0.717, 1.165) is 41.7 Å². The van der Waals surface area contributed by atoms with Gasteiger partial charge in [0.25, 0.3) is 5.69 Å². The average molecular weight is 490 g/mol. The molecule has 2 aromatic rings. The highest BCUT2D eigenvalue weighted by Gasteiger charge is 2.51. The Bertz CT molecular complexity index is 1050. The van der Waals surface area contributed by atoms with Crippen LogP contribution in [0.2, 0.25) is 5.02 Å². The van der Waals surface area contributed by atoms with Crippen molar-refractivity contribution in [3.8, 4) is 0 Å². The van der Waals surface area contributed by atoms with Gasteiger partial charge in [0.2, 0.25) is 5.91 Å². The fraction of sp³-hybridized carbons (Fsp3) is 0.609. The highest BCUT2D eigenvalue weighted by atomic mass is 35.5. The second-order valence-electron chi connectivity index (χ2n) is 10.00. The zero-order valence-electron chi connectivity index (χ0n) is 18.6. The fourth-order valence-corrected chi connectivity index (χ4v) is 7.78. The summed E-state index contributed by atoms with van der Waals surface area (Å²) in [6.07, 6.45) is 9.24. The number of nitro benzene ring substituents is 1. The number of anilines is 1. The van der Waals surface area contributed by atoms with Crippen molar-refractivity contribution in [2.45, 2.75) is 63.6 Å². The Morgan fingerprint density at radius 2 is 1.91 bits per heavy atom. The molecule has 4 fully saturated rings. The van der Waals surface area contributed by atoms with Crippen LogP contribution in [0, 0.1) is 33.3 Å². The highest BCUT2D eigenvalue weighted by Crippen LogP contribution is 2.61. The predicted molar refractivity (Wildman–Crippen MR) is 127 cm³/mol. The van der Waals surface area contributed by atoms with E-state index in [1.54, 1.807) is 6.07 Å². The first-order valence-corrected chi connectivity index (χ1v) is 13.0. The molecule has 4 saturated carbocycles. The predicted octanol–water partition coefficient (Wildman–Crippen LogP) is 5.35. The Morgan fingerprint density at radius 3 is 2.52 bits per heavy atom. The zero-order valence-corrected chi connectivity index (χ0v) is 20.2. The summed E-state index contributed by atoms with van der Waals surface area (Å²) in [4.78, 5) is 23.0. The number of carbonyl (C=O) groups excluding carboxylic acids is 1. The molecule has 0 spiro atoms. The maximum absolute atomic E-state index is 12.5. The summed E-state index contributed by atoms with van der Waals surface area (Å²) in [6, 6.07) is 4.23. The summed E-state index contributed by atoms with van der Waals surface area (Å²) in [6.45, 7) is 2.85. The number of nitrogens with one attached hydrogen (secondary N) is 1. The number of hydrogen-bond acceptors (Lipinski definition) is 6. The normalized spacial score (nSPS) is 27.6. The number of carbonyl (C=O) groups is 1. The van der Waals surface area contributed by atoms with Crippen LogP contribution >= 0.6 is 23.4 Å². The summed E-state index contributed by atoms with van der Waals surface area (Å²) in [7, 11) is 0. The number of rotatable bonds is 8. The minimum atomic E-state index is -0.568. The summed E-state index contributed by atoms with van der Waals surface area (Å²) < 4.78 is 2.14. The molecule has 4 bridgehead atoms. The summed E-state index contributed by atoms with van der Waals surface area (Å²) >= 11 is 7.18. The third-order valence-corrected chi connectivity index (χ3v) is 8.85. The van der Waals surface area contributed by atoms with E-state index in [4.69, 9.17) is 11.6 Å². The highest BCUT2D eigenvalue weighted by molar-refractivity contribution is 7.99. The Labute approximate surface area is 202 Å². The molecule has 1 aromatic heterocycles. The van der Waals surface area contributed by atoms with Crippen molar-refractivity contribution in [2.24, 2.45) is 23.2 Å². The first-order valence-electron chi connectivity index (χ1n) is 11.6. The van der Waals surface area contributed by atoms with Crippen molar-refractivity contribution in [1.29, 1.82) is 0 Å². The standard InChI is InChI=1S/C23H28ClN5O3S/c1-2-28-20(12-23-9-14-5-15(10-23)7-16(6-14)11-23)26-27-22(28)33-13-21(30)25-17-3-4-18(24)19(8-17)29(31)32/h3-4,8,14-16H,2,5-7,9-13H2,1H3,(H,25,30). The van der Waals surface area contributed by atoms with E-state index in [9.17, 15) is 14.9 Å². The van der Waals surface area contributed by atoms with Crippen LogP contribution in [-0.2, 0) is 17.8 Å². The number of aromatic nitrogens is 3. The molecule has 1 amide bonds. The maximum Gasteiger partial charge on any atom is 0.289 e. The van der Waals surface area contributed by atoms with Gasteiger partial charge in [0, 0.05) is 24.7 Å². The molecule has 0 atom stereocenters. The van der Waals surface area contributed by atoms with Gasteiger partial charge in [0.05, 0.1) is 10.7 Å². The van der Waals surface area contributed by atoms with Crippen LogP contribution in [0.3, 0.4) is 0 Å². The van der Waals surface area contributed by atoms with Gasteiger partial charge in [-0.15, -0.1) is 10.2 Å². The summed E-state index contributed by atoms with van der Waals surface area (Å²) in [5.74, 6) is 3.62. The van der Waals surface area contributed by atoms with Crippen molar-refractivity contribution in [2.75, 3.05) is 11.1 Å². The maximum atomic E-state index is 12.5. The molecule has 10 heteroatoms. The van der Waals surface area contributed by atoms with E-state index in [0.29, 0.717) is 11.1 Å². The van der Waals surface area contributed by atoms with Crippen LogP contribution < -0.4 is 5.32 Å². The van der Waals surface area contributed by atoms with Gasteiger partial charge in [-0.2, -0.15) is 0 Å². The summed E-state index contributed by atoms with van der Waals surface area (Å²) in [5.41, 5.74) is 0.496. The van der Waals surface area contributed by atoms with Gasteiger partial charge >= 0.3 is 0 Å². The van der Waals surface area contributed by atoms with Crippen LogP contribution in [0.15, 0.2) is 23.4 Å². The molecule has 0 unspecified atom stereocenters. The lowest BCUT2D eigenvalue weighted by molar-refractivity contribution is -0.384. The van der Waals surface area contributed by atoms with E-state index in [-0.39, 0.29) is 22.4 Å². The zero-order chi connectivity index (χ0) is 23.2. The van der Waals surface area contributed by atoms with Crippen molar-refractivity contribution < 1.29 is 9.72 Å². The molecule has 0 aliphatic heterocycles. The molecule has 1 N–H and O–H groups in total. The molecule has 4 aliphatic rings. The van der Waals surface area contributed by atoms with Gasteiger partial charge in [-0.25, -0.2) is 0 Å². The van der Waals surface area contributed by atoms with E-state index in [2.05, 4.69) is 27.0 Å².